The number of phenols is 2. The Hall–Kier alpha value is -2.89. The number of halogens is 2. The van der Waals surface area contributed by atoms with E-state index < -0.39 is 0 Å². The van der Waals surface area contributed by atoms with Gasteiger partial charge in [0.05, 0.1) is 11.4 Å². The Bertz CT molecular complexity index is 1000. The Morgan fingerprint density at radius 2 is 1.42 bits per heavy atom. The summed E-state index contributed by atoms with van der Waals surface area (Å²) in [4.78, 5) is 4.16. The predicted molar refractivity (Wildman–Crippen MR) is 104 cm³/mol. The summed E-state index contributed by atoms with van der Waals surface area (Å²) >= 11 is 11.8. The highest BCUT2D eigenvalue weighted by Gasteiger charge is 2.03. The van der Waals surface area contributed by atoms with Gasteiger partial charge in [-0.05, 0) is 54.6 Å². The van der Waals surface area contributed by atoms with Gasteiger partial charge >= 0.3 is 0 Å². The van der Waals surface area contributed by atoms with Crippen LogP contribution in [-0.2, 0) is 0 Å². The second-order valence-electron chi connectivity index (χ2n) is 5.31. The van der Waals surface area contributed by atoms with E-state index in [1.54, 1.807) is 42.5 Å². The first-order valence-electron chi connectivity index (χ1n) is 7.54. The van der Waals surface area contributed by atoms with Gasteiger partial charge in [-0.1, -0.05) is 29.3 Å². The van der Waals surface area contributed by atoms with Gasteiger partial charge in [0.15, 0.2) is 0 Å². The number of rotatable bonds is 4. The van der Waals surface area contributed by atoms with Gasteiger partial charge in [-0.15, -0.1) is 0 Å². The third-order valence-corrected chi connectivity index (χ3v) is 3.85. The van der Waals surface area contributed by atoms with E-state index in [1.807, 2.05) is 0 Å². The van der Waals surface area contributed by atoms with Crippen LogP contribution in [0.4, 0.5) is 17.1 Å². The fourth-order valence-electron chi connectivity index (χ4n) is 2.10. The second-order valence-corrected chi connectivity index (χ2v) is 6.19. The fraction of sp³-hybridized carbons (Fsp3) is 0. The quantitative estimate of drug-likeness (QED) is 0.393. The van der Waals surface area contributed by atoms with Crippen LogP contribution in [0.2, 0.25) is 10.0 Å². The van der Waals surface area contributed by atoms with Crippen LogP contribution >= 0.6 is 23.2 Å². The first-order chi connectivity index (χ1) is 12.5. The molecule has 5 nitrogen and oxygen atoms in total. The fourth-order valence-corrected chi connectivity index (χ4v) is 2.45. The standard InChI is InChI=1S/C19H13Cl2N3O2/c20-13-2-1-3-15(9-13)23-24-16-5-7-18(25)12(8-16)11-22-17-10-14(21)4-6-19(17)26/h1-11,25-26H. The van der Waals surface area contributed by atoms with Gasteiger partial charge in [-0.2, -0.15) is 10.2 Å². The summed E-state index contributed by atoms with van der Waals surface area (Å²) in [6.45, 7) is 0. The summed E-state index contributed by atoms with van der Waals surface area (Å²) < 4.78 is 0. The van der Waals surface area contributed by atoms with Gasteiger partial charge in [0.2, 0.25) is 0 Å². The first-order valence-corrected chi connectivity index (χ1v) is 8.30. The minimum absolute atomic E-state index is 0.0121. The zero-order chi connectivity index (χ0) is 18.5. The van der Waals surface area contributed by atoms with Crippen LogP contribution in [0.3, 0.4) is 0 Å². The first kappa shape index (κ1) is 17.9. The molecule has 0 aliphatic carbocycles. The summed E-state index contributed by atoms with van der Waals surface area (Å²) in [6.07, 6.45) is 1.42. The molecule has 0 unspecified atom stereocenters. The molecule has 0 saturated carbocycles. The van der Waals surface area contributed by atoms with Crippen molar-refractivity contribution in [2.45, 2.75) is 0 Å². The average molecular weight is 386 g/mol. The molecule has 0 saturated heterocycles. The molecule has 3 rings (SSSR count). The molecular weight excluding hydrogens is 373 g/mol. The van der Waals surface area contributed by atoms with E-state index in [-0.39, 0.29) is 11.5 Å². The monoisotopic (exact) mass is 385 g/mol. The van der Waals surface area contributed by atoms with Crippen molar-refractivity contribution in [3.63, 3.8) is 0 Å². The highest BCUT2D eigenvalue weighted by Crippen LogP contribution is 2.30. The second kappa shape index (κ2) is 7.99. The smallest absolute Gasteiger partial charge is 0.141 e. The molecule has 3 aromatic rings. The van der Waals surface area contributed by atoms with E-state index >= 15 is 0 Å². The van der Waals surface area contributed by atoms with Gasteiger partial charge < -0.3 is 10.2 Å². The minimum atomic E-state index is -0.0121. The molecule has 0 aliphatic heterocycles. The van der Waals surface area contributed by atoms with Crippen molar-refractivity contribution < 1.29 is 10.2 Å². The van der Waals surface area contributed by atoms with E-state index in [1.165, 1.54) is 24.4 Å². The number of aromatic hydroxyl groups is 2. The van der Waals surface area contributed by atoms with Gasteiger partial charge in [0, 0.05) is 21.8 Å². The molecular formula is C19H13Cl2N3O2. The van der Waals surface area contributed by atoms with E-state index in [4.69, 9.17) is 23.2 Å². The molecule has 0 radical (unpaired) electrons. The van der Waals surface area contributed by atoms with Crippen molar-refractivity contribution in [3.05, 3.63) is 76.3 Å². The number of nitrogens with zero attached hydrogens (tertiary/aromatic N) is 3. The molecule has 0 aliphatic rings. The van der Waals surface area contributed by atoms with Crippen molar-refractivity contribution in [1.82, 2.24) is 0 Å². The van der Waals surface area contributed by atoms with Crippen molar-refractivity contribution in [1.29, 1.82) is 0 Å². The maximum atomic E-state index is 9.99. The lowest BCUT2D eigenvalue weighted by Gasteiger charge is -2.02. The zero-order valence-corrected chi connectivity index (χ0v) is 14.9. The van der Waals surface area contributed by atoms with Gasteiger partial charge in [-0.25, -0.2) is 0 Å². The molecule has 3 aromatic carbocycles. The van der Waals surface area contributed by atoms with Crippen LogP contribution in [0, 0.1) is 0 Å². The molecule has 7 heteroatoms. The minimum Gasteiger partial charge on any atom is -0.507 e. The molecule has 26 heavy (non-hydrogen) atoms. The number of azo groups is 1. The van der Waals surface area contributed by atoms with E-state index in [2.05, 4.69) is 15.2 Å². The molecule has 0 bridgehead atoms. The number of hydrogen-bond acceptors (Lipinski definition) is 5. The maximum absolute atomic E-state index is 9.99. The molecule has 0 atom stereocenters. The SMILES string of the molecule is Oc1ccc(N=Nc2cccc(Cl)c2)cc1C=Nc1cc(Cl)ccc1O. The lowest BCUT2D eigenvalue weighted by atomic mass is 10.2. The number of benzene rings is 3. The Balaban J connectivity index is 1.86. The largest absolute Gasteiger partial charge is 0.507 e. The Kier molecular flexibility index (Phi) is 5.51. The van der Waals surface area contributed by atoms with Gasteiger partial charge in [0.25, 0.3) is 0 Å². The Labute approximate surface area is 159 Å². The summed E-state index contributed by atoms with van der Waals surface area (Å²) in [5.41, 5.74) is 1.86. The van der Waals surface area contributed by atoms with E-state index in [0.29, 0.717) is 32.7 Å². The van der Waals surface area contributed by atoms with Gasteiger partial charge in [-0.3, -0.25) is 4.99 Å². The van der Waals surface area contributed by atoms with Gasteiger partial charge in [0.1, 0.15) is 17.2 Å². The van der Waals surface area contributed by atoms with Crippen LogP contribution in [0.1, 0.15) is 5.56 Å². The van der Waals surface area contributed by atoms with E-state index in [9.17, 15) is 10.2 Å². The average Bonchev–Trinajstić information content (AvgIpc) is 2.62. The third-order valence-electron chi connectivity index (χ3n) is 3.38. The number of aliphatic imine (C=N–C) groups is 1. The Morgan fingerprint density at radius 3 is 2.19 bits per heavy atom. The highest BCUT2D eigenvalue weighted by molar-refractivity contribution is 6.31. The normalized spacial score (nSPS) is 11.5. The van der Waals surface area contributed by atoms with Crippen LogP contribution in [-0.4, -0.2) is 16.4 Å². The van der Waals surface area contributed by atoms with E-state index in [0.717, 1.165) is 0 Å². The molecule has 0 amide bonds. The Morgan fingerprint density at radius 1 is 0.731 bits per heavy atom. The summed E-state index contributed by atoms with van der Waals surface area (Å²) in [5.74, 6) is 0.0129. The summed E-state index contributed by atoms with van der Waals surface area (Å²) in [7, 11) is 0. The van der Waals surface area contributed by atoms with Crippen LogP contribution in [0.25, 0.3) is 0 Å². The number of phenolic OH excluding ortho intramolecular Hbond substituents is 2. The molecule has 0 spiro atoms. The lowest BCUT2D eigenvalue weighted by Crippen LogP contribution is -1.82. The molecule has 2 N–H and O–H groups in total. The summed E-state index contributed by atoms with van der Waals surface area (Å²) in [5, 5.41) is 29.0. The third kappa shape index (κ3) is 4.59. The van der Waals surface area contributed by atoms with Crippen LogP contribution in [0.5, 0.6) is 11.5 Å². The summed E-state index contributed by atoms with van der Waals surface area (Å²) in [6, 6.07) is 16.3. The number of hydrogen-bond donors (Lipinski definition) is 2. The van der Waals surface area contributed by atoms with Crippen LogP contribution < -0.4 is 0 Å². The molecule has 130 valence electrons. The van der Waals surface area contributed by atoms with Crippen molar-refractivity contribution in [2.75, 3.05) is 0 Å². The highest BCUT2D eigenvalue weighted by atomic mass is 35.5. The topological polar surface area (TPSA) is 77.5 Å². The molecule has 0 aromatic heterocycles. The molecule has 0 heterocycles. The predicted octanol–water partition coefficient (Wildman–Crippen LogP) is 6.57. The van der Waals surface area contributed by atoms with Crippen molar-refractivity contribution >= 4 is 46.5 Å². The van der Waals surface area contributed by atoms with Crippen molar-refractivity contribution in [2.24, 2.45) is 15.2 Å². The zero-order valence-electron chi connectivity index (χ0n) is 13.3. The maximum Gasteiger partial charge on any atom is 0.141 e. The van der Waals surface area contributed by atoms with Crippen molar-refractivity contribution in [3.8, 4) is 11.5 Å². The van der Waals surface area contributed by atoms with Crippen LogP contribution in [0.15, 0.2) is 75.9 Å². The molecule has 0 fully saturated rings. The lowest BCUT2D eigenvalue weighted by molar-refractivity contribution is 0.474.